The molecule has 0 fully saturated rings. The molecule has 0 aromatic heterocycles. The summed E-state index contributed by atoms with van der Waals surface area (Å²) in [5, 5.41) is 10.4. The molecule has 434 valence electrons. The Morgan fingerprint density at radius 2 is 0.779 bits per heavy atom. The lowest BCUT2D eigenvalue weighted by Crippen LogP contribution is -2.45. The second-order valence-corrected chi connectivity index (χ2v) is 26.5. The van der Waals surface area contributed by atoms with Crippen molar-refractivity contribution in [1.29, 1.82) is 0 Å². The summed E-state index contributed by atoms with van der Waals surface area (Å²) < 4.78 is 4.78. The fourth-order valence-corrected chi connectivity index (χ4v) is 15.5. The first-order valence-corrected chi connectivity index (χ1v) is 31.0. The minimum atomic E-state index is -0.218. The molecule has 0 spiro atoms. The lowest BCUT2D eigenvalue weighted by molar-refractivity contribution is -0.401. The molecule has 0 aliphatic carbocycles. The predicted octanol–water partition coefficient (Wildman–Crippen LogP) is 19.0. The highest BCUT2D eigenvalue weighted by Crippen LogP contribution is 2.52. The van der Waals surface area contributed by atoms with Crippen molar-refractivity contribution in [2.75, 3.05) is 61.9 Å². The zero-order valence-electron chi connectivity index (χ0n) is 53.5. The lowest BCUT2D eigenvalue weighted by Gasteiger charge is -2.38. The van der Waals surface area contributed by atoms with E-state index in [1.54, 1.807) is 0 Å². The zero-order chi connectivity index (χ0) is 60.6. The summed E-state index contributed by atoms with van der Waals surface area (Å²) in [7, 11) is 13.4. The third-order valence-electron chi connectivity index (χ3n) is 19.9. The molecule has 4 aliphatic heterocycles. The molecule has 0 radical (unpaired) electrons. The number of hydrogen-bond acceptors (Lipinski definition) is 4. The Kier molecular flexibility index (Phi) is 14.7. The molecule has 12 rings (SSSR count). The molecule has 86 heavy (non-hydrogen) atoms. The van der Waals surface area contributed by atoms with Crippen LogP contribution in [0.2, 0.25) is 0 Å². The Labute approximate surface area is 512 Å². The highest BCUT2D eigenvalue weighted by atomic mass is 15.3. The molecule has 8 aromatic rings. The van der Waals surface area contributed by atoms with Gasteiger partial charge in [0.1, 0.15) is 20.3 Å². The summed E-state index contributed by atoms with van der Waals surface area (Å²) in [6.45, 7) is 21.2. The first-order valence-electron chi connectivity index (χ1n) is 31.0. The Morgan fingerprint density at radius 1 is 0.419 bits per heavy atom. The molecule has 6 heteroatoms. The van der Waals surface area contributed by atoms with E-state index < -0.39 is 0 Å². The van der Waals surface area contributed by atoms with Crippen LogP contribution in [0, 0.1) is 0 Å². The van der Waals surface area contributed by atoms with Gasteiger partial charge in [-0.1, -0.05) is 175 Å². The van der Waals surface area contributed by atoms with Crippen LogP contribution in [-0.4, -0.2) is 69.0 Å². The molecule has 4 aliphatic rings. The Morgan fingerprint density at radius 3 is 1.20 bits per heavy atom. The number of anilines is 4. The van der Waals surface area contributed by atoms with Gasteiger partial charge >= 0.3 is 0 Å². The van der Waals surface area contributed by atoms with E-state index in [1.165, 1.54) is 122 Å². The summed E-state index contributed by atoms with van der Waals surface area (Å²) >= 11 is 0. The van der Waals surface area contributed by atoms with E-state index in [-0.39, 0.29) is 27.8 Å². The van der Waals surface area contributed by atoms with Gasteiger partial charge in [0.2, 0.25) is 11.4 Å². The molecule has 0 N–H and O–H groups in total. The van der Waals surface area contributed by atoms with Crippen LogP contribution in [0.25, 0.3) is 43.1 Å². The smallest absolute Gasteiger partial charge is 0.210 e. The topological polar surface area (TPSA) is 19.0 Å². The maximum absolute atomic E-state index is 2.50. The fourth-order valence-electron chi connectivity index (χ4n) is 15.5. The van der Waals surface area contributed by atoms with Crippen LogP contribution >= 0.6 is 0 Å². The molecule has 0 amide bonds. The van der Waals surface area contributed by atoms with Gasteiger partial charge in [-0.25, -0.2) is 0 Å². The fraction of sp³-hybridized carbons (Fsp3) is 0.275. The summed E-state index contributed by atoms with van der Waals surface area (Å²) in [6, 6.07) is 49.9. The monoisotopic (exact) mass is 1130 g/mol. The van der Waals surface area contributed by atoms with Crippen LogP contribution in [-0.2, 0) is 21.7 Å². The van der Waals surface area contributed by atoms with Gasteiger partial charge < -0.3 is 19.6 Å². The first-order chi connectivity index (χ1) is 41.2. The van der Waals surface area contributed by atoms with Crippen molar-refractivity contribution < 1.29 is 9.15 Å². The van der Waals surface area contributed by atoms with E-state index in [4.69, 9.17) is 0 Å². The average molecular weight is 1130 g/mol. The molecule has 8 aromatic carbocycles. The summed E-state index contributed by atoms with van der Waals surface area (Å²) in [4.78, 5) is 9.71. The quantitative estimate of drug-likeness (QED) is 0.0614. The Bertz CT molecular complexity index is 4120. The van der Waals surface area contributed by atoms with Gasteiger partial charge in [0, 0.05) is 109 Å². The van der Waals surface area contributed by atoms with Gasteiger partial charge in [-0.2, -0.15) is 9.15 Å². The van der Waals surface area contributed by atoms with E-state index >= 15 is 0 Å². The van der Waals surface area contributed by atoms with Crippen LogP contribution in [0.3, 0.4) is 0 Å². The molecule has 6 nitrogen and oxygen atoms in total. The number of nitrogens with zero attached hydrogens (tertiary/aromatic N) is 6. The SMILES string of the molecule is CCCC(N(C)c1ccc2ccc3c(c2c1)C(C)(C)C(C=CC=CC=CC=C1N(C)c2ccc4ccccc4c2C1(C)C)=[N+]3C)N(C)c1ccc2ccc3c(c2c1)C(C)(C)C(C=CC=CC=CC=C1N(C)c2ccc4ccccc4c2C1(C)C)=[N+]3C. The molecule has 0 unspecified atom stereocenters. The normalized spacial score (nSPS) is 18.9. The molecular formula is C80H86N6+2. The highest BCUT2D eigenvalue weighted by Gasteiger charge is 2.46. The second-order valence-electron chi connectivity index (χ2n) is 26.5. The first kappa shape index (κ1) is 57.7. The van der Waals surface area contributed by atoms with E-state index in [1.807, 2.05) is 0 Å². The van der Waals surface area contributed by atoms with Gasteiger partial charge in [-0.05, 0) is 149 Å². The third kappa shape index (κ3) is 9.39. The minimum Gasteiger partial charge on any atom is -0.354 e. The van der Waals surface area contributed by atoms with Crippen LogP contribution in [0.15, 0.2) is 230 Å². The van der Waals surface area contributed by atoms with Crippen LogP contribution < -0.4 is 19.6 Å². The highest BCUT2D eigenvalue weighted by molar-refractivity contribution is 6.09. The number of allylic oxidation sites excluding steroid dienone is 16. The van der Waals surface area contributed by atoms with E-state index in [2.05, 4.69) is 352 Å². The van der Waals surface area contributed by atoms with E-state index in [0.29, 0.717) is 0 Å². The largest absolute Gasteiger partial charge is 0.354 e. The molecule has 0 atom stereocenters. The lowest BCUT2D eigenvalue weighted by atomic mass is 9.79. The van der Waals surface area contributed by atoms with Gasteiger partial charge in [0.25, 0.3) is 0 Å². The van der Waals surface area contributed by atoms with Crippen molar-refractivity contribution in [1.82, 2.24) is 0 Å². The van der Waals surface area contributed by atoms with Crippen LogP contribution in [0.1, 0.15) is 97.4 Å². The zero-order valence-corrected chi connectivity index (χ0v) is 53.5. The van der Waals surface area contributed by atoms with E-state index in [0.717, 1.165) is 12.8 Å². The third-order valence-corrected chi connectivity index (χ3v) is 19.9. The van der Waals surface area contributed by atoms with Crippen molar-refractivity contribution in [3.63, 3.8) is 0 Å². The summed E-state index contributed by atoms with van der Waals surface area (Å²) in [6.07, 6.45) is 33.0. The number of rotatable bonds is 14. The van der Waals surface area contributed by atoms with Gasteiger partial charge in [-0.15, -0.1) is 0 Å². The number of fused-ring (bicyclic) bond motifs is 12. The summed E-state index contributed by atoms with van der Waals surface area (Å²) in [5.74, 6) is 0. The van der Waals surface area contributed by atoms with E-state index in [9.17, 15) is 0 Å². The number of benzene rings is 8. The minimum absolute atomic E-state index is 0.107. The van der Waals surface area contributed by atoms with Crippen molar-refractivity contribution in [2.24, 2.45) is 0 Å². The molecule has 4 heterocycles. The maximum atomic E-state index is 2.50. The second kappa shape index (κ2) is 22.0. The van der Waals surface area contributed by atoms with Crippen molar-refractivity contribution in [3.8, 4) is 0 Å². The predicted molar refractivity (Wildman–Crippen MR) is 373 cm³/mol. The Balaban J connectivity index is 0.740. The number of likely N-dealkylation sites (N-methyl/N-ethyl adjacent to an activating group) is 2. The van der Waals surface area contributed by atoms with Crippen molar-refractivity contribution in [3.05, 3.63) is 252 Å². The van der Waals surface area contributed by atoms with Crippen LogP contribution in [0.5, 0.6) is 0 Å². The molecular weight excluding hydrogens is 1040 g/mol. The van der Waals surface area contributed by atoms with Gasteiger partial charge in [-0.3, -0.25) is 0 Å². The molecule has 0 saturated heterocycles. The van der Waals surface area contributed by atoms with Crippen molar-refractivity contribution >= 4 is 88.6 Å². The Hall–Kier alpha value is -8.74. The van der Waals surface area contributed by atoms with Crippen molar-refractivity contribution in [2.45, 2.75) is 103 Å². The molecule has 0 bridgehead atoms. The van der Waals surface area contributed by atoms with Gasteiger partial charge in [0.05, 0.1) is 10.8 Å². The number of hydrogen-bond donors (Lipinski definition) is 0. The molecule has 0 saturated carbocycles. The van der Waals surface area contributed by atoms with Gasteiger partial charge in [0.15, 0.2) is 11.4 Å². The standard InChI is InChI=1S/C80H86N6/c1-16-31-72(81(10)58-46-40-56-44-50-66-75(62(56)52-58)79(6,7)70(85(66)14)38-25-21-17-19-23-36-68-77(2,3)73-60-34-29-27-32-54(60)42-48-64(73)83(68)12)82(11)59-47-41-57-45-51-67-76(63(57)53-59)80(8,9)71(86(67)15)39-26-22-18-20-24-37-69-78(4,5)74-61-35-30-28-33-55(61)43-49-65(74)84(69)13/h17-30,32-53,72H,16,31H2,1-15H3/q+2. The van der Waals surface area contributed by atoms with Crippen LogP contribution in [0.4, 0.5) is 34.1 Å². The summed E-state index contributed by atoms with van der Waals surface area (Å²) in [5.41, 5.74) is 17.6. The maximum Gasteiger partial charge on any atom is 0.210 e. The average Bonchev–Trinajstić information content (AvgIpc) is 1.64.